The third kappa shape index (κ3) is 4.10. The molecule has 0 amide bonds. The maximum atomic E-state index is 11.8. The second-order valence-electron chi connectivity index (χ2n) is 4.01. The van der Waals surface area contributed by atoms with Crippen molar-refractivity contribution in [2.24, 2.45) is 0 Å². The van der Waals surface area contributed by atoms with Gasteiger partial charge in [-0.1, -0.05) is 48.0 Å². The zero-order valence-electron chi connectivity index (χ0n) is 10.6. The van der Waals surface area contributed by atoms with Gasteiger partial charge in [-0.25, -0.2) is 9.78 Å². The highest BCUT2D eigenvalue weighted by Gasteiger charge is 2.08. The number of nitrogens with zero attached hydrogens (tertiary/aromatic N) is 1. The third-order valence-corrected chi connectivity index (χ3v) is 2.66. The van der Waals surface area contributed by atoms with Gasteiger partial charge in [-0.3, -0.25) is 0 Å². The highest BCUT2D eigenvalue weighted by Crippen LogP contribution is 2.13. The molecule has 0 atom stereocenters. The van der Waals surface area contributed by atoms with Gasteiger partial charge in [0.2, 0.25) is 0 Å². The number of benzene rings is 1. The summed E-state index contributed by atoms with van der Waals surface area (Å²) in [5, 5.41) is 0.164. The lowest BCUT2D eigenvalue weighted by Gasteiger charge is -2.03. The van der Waals surface area contributed by atoms with Crippen molar-refractivity contribution < 1.29 is 9.53 Å². The van der Waals surface area contributed by atoms with Crippen LogP contribution in [-0.4, -0.2) is 17.6 Å². The molecule has 0 unspecified atom stereocenters. The summed E-state index contributed by atoms with van der Waals surface area (Å²) in [5.41, 5.74) is 6.84. The quantitative estimate of drug-likeness (QED) is 0.693. The molecule has 20 heavy (non-hydrogen) atoms. The summed E-state index contributed by atoms with van der Waals surface area (Å²) in [7, 11) is 0. The van der Waals surface area contributed by atoms with Crippen molar-refractivity contribution in [1.29, 1.82) is 0 Å². The van der Waals surface area contributed by atoms with E-state index in [9.17, 15) is 4.79 Å². The van der Waals surface area contributed by atoms with E-state index in [1.165, 1.54) is 12.1 Å². The first-order valence-corrected chi connectivity index (χ1v) is 6.35. The van der Waals surface area contributed by atoms with Gasteiger partial charge in [-0.2, -0.15) is 0 Å². The van der Waals surface area contributed by atoms with Gasteiger partial charge in [0.25, 0.3) is 0 Å². The van der Waals surface area contributed by atoms with E-state index in [4.69, 9.17) is 22.1 Å². The van der Waals surface area contributed by atoms with Crippen LogP contribution in [0.25, 0.3) is 6.08 Å². The summed E-state index contributed by atoms with van der Waals surface area (Å²) in [4.78, 5) is 15.5. The van der Waals surface area contributed by atoms with Gasteiger partial charge in [-0.05, 0) is 23.8 Å². The molecule has 0 aliphatic heterocycles. The normalized spacial score (nSPS) is 10.7. The summed E-state index contributed by atoms with van der Waals surface area (Å²) in [6, 6.07) is 12.6. The molecule has 1 aromatic carbocycles. The summed E-state index contributed by atoms with van der Waals surface area (Å²) in [6.07, 6.45) is 3.64. The van der Waals surface area contributed by atoms with Gasteiger partial charge in [0, 0.05) is 0 Å². The molecule has 0 fully saturated rings. The monoisotopic (exact) mass is 288 g/mol. The van der Waals surface area contributed by atoms with Crippen LogP contribution in [0.1, 0.15) is 15.9 Å². The number of anilines is 1. The number of nitrogens with two attached hydrogens (primary N) is 1. The van der Waals surface area contributed by atoms with Gasteiger partial charge in [0.05, 0.1) is 5.56 Å². The zero-order valence-corrected chi connectivity index (χ0v) is 11.4. The fourth-order valence-corrected chi connectivity index (χ4v) is 1.81. The maximum Gasteiger partial charge on any atom is 0.338 e. The molecular formula is C15H13ClN2O2. The van der Waals surface area contributed by atoms with E-state index >= 15 is 0 Å². The minimum absolute atomic E-state index is 0.164. The lowest BCUT2D eigenvalue weighted by atomic mass is 10.2. The molecule has 0 aliphatic rings. The Labute approximate surface area is 121 Å². The van der Waals surface area contributed by atoms with Crippen molar-refractivity contribution in [3.05, 3.63) is 64.8 Å². The zero-order chi connectivity index (χ0) is 14.4. The molecule has 102 valence electrons. The first-order chi connectivity index (χ1) is 9.65. The number of carbonyl (C=O) groups excluding carboxylic acids is 1. The molecule has 0 saturated heterocycles. The van der Waals surface area contributed by atoms with E-state index < -0.39 is 5.97 Å². The van der Waals surface area contributed by atoms with E-state index in [1.807, 2.05) is 36.4 Å². The van der Waals surface area contributed by atoms with Gasteiger partial charge in [0.15, 0.2) is 0 Å². The van der Waals surface area contributed by atoms with Crippen LogP contribution in [0, 0.1) is 0 Å². The van der Waals surface area contributed by atoms with Crippen LogP contribution in [0.15, 0.2) is 48.5 Å². The van der Waals surface area contributed by atoms with E-state index in [2.05, 4.69) is 4.98 Å². The molecule has 0 aliphatic carbocycles. The first-order valence-electron chi connectivity index (χ1n) is 5.97. The molecule has 1 heterocycles. The predicted octanol–water partition coefficient (Wildman–Crippen LogP) is 3.19. The second kappa shape index (κ2) is 6.73. The lowest BCUT2D eigenvalue weighted by Crippen LogP contribution is -2.06. The minimum atomic E-state index is -0.487. The number of carbonyl (C=O) groups is 1. The van der Waals surface area contributed by atoms with Crippen molar-refractivity contribution in [3.63, 3.8) is 0 Å². The highest BCUT2D eigenvalue weighted by atomic mass is 35.5. The Kier molecular flexibility index (Phi) is 4.74. The second-order valence-corrected chi connectivity index (χ2v) is 4.40. The van der Waals surface area contributed by atoms with Gasteiger partial charge < -0.3 is 10.5 Å². The largest absolute Gasteiger partial charge is 0.458 e. The molecule has 2 rings (SSSR count). The van der Waals surface area contributed by atoms with Gasteiger partial charge in [-0.15, -0.1) is 0 Å². The summed E-state index contributed by atoms with van der Waals surface area (Å²) < 4.78 is 5.09. The van der Waals surface area contributed by atoms with E-state index in [-0.39, 0.29) is 23.1 Å². The van der Waals surface area contributed by atoms with Crippen LogP contribution >= 0.6 is 11.6 Å². The van der Waals surface area contributed by atoms with Crippen molar-refractivity contribution in [1.82, 2.24) is 4.98 Å². The Bertz CT molecular complexity index is 607. The molecule has 5 heteroatoms. The smallest absolute Gasteiger partial charge is 0.338 e. The van der Waals surface area contributed by atoms with Crippen molar-refractivity contribution in [3.8, 4) is 0 Å². The Morgan fingerprint density at radius 2 is 2.05 bits per heavy atom. The van der Waals surface area contributed by atoms with Crippen molar-refractivity contribution in [2.75, 3.05) is 12.3 Å². The van der Waals surface area contributed by atoms with Crippen LogP contribution in [-0.2, 0) is 4.74 Å². The minimum Gasteiger partial charge on any atom is -0.458 e. The fourth-order valence-electron chi connectivity index (χ4n) is 1.59. The molecule has 1 aromatic heterocycles. The number of hydrogen-bond donors (Lipinski definition) is 1. The highest BCUT2D eigenvalue weighted by molar-refractivity contribution is 6.29. The number of nitrogen functional groups attached to an aromatic ring is 1. The van der Waals surface area contributed by atoms with E-state index in [0.717, 1.165) is 5.56 Å². The SMILES string of the molecule is Nc1cc(C(=O)OC/C=C/c2ccccc2)cc(Cl)n1. The van der Waals surface area contributed by atoms with Crippen LogP contribution in [0.5, 0.6) is 0 Å². The topological polar surface area (TPSA) is 65.2 Å². The van der Waals surface area contributed by atoms with Crippen molar-refractivity contribution >= 4 is 29.5 Å². The molecule has 0 radical (unpaired) electrons. The van der Waals surface area contributed by atoms with Crippen LogP contribution in [0.2, 0.25) is 5.15 Å². The average molecular weight is 289 g/mol. The predicted molar refractivity (Wildman–Crippen MR) is 79.4 cm³/mol. The molecule has 4 nitrogen and oxygen atoms in total. The number of hydrogen-bond acceptors (Lipinski definition) is 4. The lowest BCUT2D eigenvalue weighted by molar-refractivity contribution is 0.0550. The van der Waals surface area contributed by atoms with E-state index in [0.29, 0.717) is 0 Å². The van der Waals surface area contributed by atoms with Gasteiger partial charge >= 0.3 is 5.97 Å². The van der Waals surface area contributed by atoms with Crippen LogP contribution in [0.4, 0.5) is 5.82 Å². The molecule has 0 saturated carbocycles. The number of ether oxygens (including phenoxy) is 1. The molecular weight excluding hydrogens is 276 g/mol. The maximum absolute atomic E-state index is 11.8. The fraction of sp³-hybridized carbons (Fsp3) is 0.0667. The number of pyridine rings is 1. The Hall–Kier alpha value is -2.33. The molecule has 2 N–H and O–H groups in total. The number of halogens is 1. The van der Waals surface area contributed by atoms with Crippen molar-refractivity contribution in [2.45, 2.75) is 0 Å². The number of esters is 1. The summed E-state index contributed by atoms with van der Waals surface area (Å²) in [6.45, 7) is 0.174. The van der Waals surface area contributed by atoms with Crippen LogP contribution < -0.4 is 5.73 Å². The van der Waals surface area contributed by atoms with Gasteiger partial charge in [0.1, 0.15) is 17.6 Å². The Morgan fingerprint density at radius 1 is 1.30 bits per heavy atom. The number of aromatic nitrogens is 1. The summed E-state index contributed by atoms with van der Waals surface area (Å²) in [5.74, 6) is -0.303. The molecule has 0 bridgehead atoms. The average Bonchev–Trinajstić information content (AvgIpc) is 2.43. The third-order valence-electron chi connectivity index (χ3n) is 2.47. The Balaban J connectivity index is 1.91. The Morgan fingerprint density at radius 3 is 2.75 bits per heavy atom. The summed E-state index contributed by atoms with van der Waals surface area (Å²) >= 11 is 5.72. The molecule has 0 spiro atoms. The number of rotatable bonds is 4. The van der Waals surface area contributed by atoms with E-state index in [1.54, 1.807) is 6.08 Å². The first kappa shape index (κ1) is 14.1. The van der Waals surface area contributed by atoms with Crippen LogP contribution in [0.3, 0.4) is 0 Å². The standard InChI is InChI=1S/C15H13ClN2O2/c16-13-9-12(10-14(17)18-13)15(19)20-8-4-7-11-5-2-1-3-6-11/h1-7,9-10H,8H2,(H2,17,18)/b7-4+. The molecule has 2 aromatic rings.